The van der Waals surface area contributed by atoms with Gasteiger partial charge in [-0.3, -0.25) is 14.3 Å². The van der Waals surface area contributed by atoms with E-state index in [1.165, 1.54) is 23.9 Å². The van der Waals surface area contributed by atoms with Crippen LogP contribution in [-0.4, -0.2) is 21.6 Å². The summed E-state index contributed by atoms with van der Waals surface area (Å²) < 4.78 is 69.0. The first-order chi connectivity index (χ1) is 17.9. The fraction of sp³-hybridized carbons (Fsp3) is 0.120. The largest absolute Gasteiger partial charge is 0.416 e. The molecule has 4 aromatic rings. The van der Waals surface area contributed by atoms with Crippen LogP contribution in [0.3, 0.4) is 0 Å². The maximum atomic E-state index is 14.2. The van der Waals surface area contributed by atoms with E-state index in [-0.39, 0.29) is 50.1 Å². The second-order valence-corrected chi connectivity index (χ2v) is 8.85. The number of hydrogen-bond donors (Lipinski definition) is 2. The molecule has 3 aromatic carbocycles. The van der Waals surface area contributed by atoms with Gasteiger partial charge in [0.05, 0.1) is 17.2 Å². The topological polar surface area (TPSA) is 99.8 Å². The number of nitrogens with zero attached hydrogens (tertiary/aromatic N) is 3. The Morgan fingerprint density at radius 3 is 2.58 bits per heavy atom. The molecule has 5 rings (SSSR count). The van der Waals surface area contributed by atoms with Gasteiger partial charge in [-0.25, -0.2) is 8.78 Å². The number of carbonyl (C=O) groups excluding carboxylic acids is 2. The second-order valence-electron chi connectivity index (χ2n) is 8.45. The van der Waals surface area contributed by atoms with Crippen molar-refractivity contribution in [2.75, 3.05) is 5.32 Å². The van der Waals surface area contributed by atoms with Crippen molar-refractivity contribution in [3.63, 3.8) is 0 Å². The molecule has 1 atom stereocenters. The van der Waals surface area contributed by atoms with Gasteiger partial charge < -0.3 is 10.6 Å². The molecule has 2 heterocycles. The summed E-state index contributed by atoms with van der Waals surface area (Å²) in [5.41, 5.74) is -1.77. The molecule has 192 valence electrons. The van der Waals surface area contributed by atoms with Gasteiger partial charge in [-0.05, 0) is 42.5 Å². The Hall–Kier alpha value is -4.50. The molecular formula is C25H13ClF5N5O2. The quantitative estimate of drug-likeness (QED) is 0.333. The number of aryl methyl sites for hydroxylation is 1. The predicted molar refractivity (Wildman–Crippen MR) is 126 cm³/mol. The van der Waals surface area contributed by atoms with Crippen LogP contribution in [0.4, 0.5) is 27.6 Å². The number of amides is 2. The molecule has 0 aliphatic carbocycles. The summed E-state index contributed by atoms with van der Waals surface area (Å²) in [6.45, 7) is 0. The van der Waals surface area contributed by atoms with Crippen LogP contribution in [0.2, 0.25) is 5.02 Å². The van der Waals surface area contributed by atoms with Crippen LogP contribution in [0.5, 0.6) is 0 Å². The van der Waals surface area contributed by atoms with E-state index in [0.29, 0.717) is 12.1 Å². The highest BCUT2D eigenvalue weighted by Crippen LogP contribution is 2.43. The van der Waals surface area contributed by atoms with Gasteiger partial charge in [0.15, 0.2) is 0 Å². The highest BCUT2D eigenvalue weighted by molar-refractivity contribution is 6.31. The van der Waals surface area contributed by atoms with Crippen molar-refractivity contribution in [1.82, 2.24) is 15.1 Å². The van der Waals surface area contributed by atoms with Crippen molar-refractivity contribution in [1.29, 1.82) is 5.26 Å². The summed E-state index contributed by atoms with van der Waals surface area (Å²) in [6, 6.07) is 6.78. The van der Waals surface area contributed by atoms with Crippen molar-refractivity contribution < 1.29 is 31.5 Å². The molecule has 13 heteroatoms. The molecule has 0 saturated carbocycles. The predicted octanol–water partition coefficient (Wildman–Crippen LogP) is 5.48. The fourth-order valence-electron chi connectivity index (χ4n) is 4.46. The van der Waals surface area contributed by atoms with Gasteiger partial charge in [0, 0.05) is 39.8 Å². The van der Waals surface area contributed by atoms with Gasteiger partial charge >= 0.3 is 6.18 Å². The number of anilines is 1. The number of nitrogens with one attached hydrogen (secondary N) is 2. The lowest BCUT2D eigenvalue weighted by Gasteiger charge is -2.28. The monoisotopic (exact) mass is 545 g/mol. The molecule has 7 nitrogen and oxygen atoms in total. The summed E-state index contributed by atoms with van der Waals surface area (Å²) in [4.78, 5) is 26.1. The Balaban J connectivity index is 1.74. The number of aromatic nitrogens is 2. The third-order valence-electron chi connectivity index (χ3n) is 6.05. The summed E-state index contributed by atoms with van der Waals surface area (Å²) >= 11 is 6.31. The van der Waals surface area contributed by atoms with Crippen LogP contribution in [0.15, 0.2) is 42.5 Å². The molecule has 2 N–H and O–H groups in total. The van der Waals surface area contributed by atoms with E-state index in [9.17, 15) is 36.8 Å². The van der Waals surface area contributed by atoms with Crippen LogP contribution in [-0.2, 0) is 13.2 Å². The Labute approximate surface area is 215 Å². The third-order valence-corrected chi connectivity index (χ3v) is 6.40. The van der Waals surface area contributed by atoms with Gasteiger partial charge in [-0.1, -0.05) is 11.6 Å². The Bertz CT molecular complexity index is 1720. The number of alkyl halides is 3. The van der Waals surface area contributed by atoms with E-state index in [4.69, 9.17) is 11.6 Å². The van der Waals surface area contributed by atoms with Crippen LogP contribution in [0, 0.1) is 23.0 Å². The normalized spacial score (nSPS) is 14.8. The van der Waals surface area contributed by atoms with Crippen LogP contribution in [0.25, 0.3) is 10.9 Å². The van der Waals surface area contributed by atoms with E-state index in [1.54, 1.807) is 0 Å². The minimum atomic E-state index is -4.91. The van der Waals surface area contributed by atoms with Crippen LogP contribution < -0.4 is 10.6 Å². The number of nitriles is 1. The molecule has 0 fully saturated rings. The molecular weight excluding hydrogens is 533 g/mol. The van der Waals surface area contributed by atoms with E-state index < -0.39 is 46.8 Å². The van der Waals surface area contributed by atoms with Crippen molar-refractivity contribution in [3.8, 4) is 6.07 Å². The lowest BCUT2D eigenvalue weighted by molar-refractivity contribution is -0.137. The number of hydrogen-bond acceptors (Lipinski definition) is 4. The minimum Gasteiger partial charge on any atom is -0.340 e. The van der Waals surface area contributed by atoms with E-state index in [1.807, 2.05) is 6.07 Å². The summed E-state index contributed by atoms with van der Waals surface area (Å²) in [6.07, 6.45) is -4.91. The minimum absolute atomic E-state index is 0.0245. The van der Waals surface area contributed by atoms with Crippen molar-refractivity contribution >= 4 is 40.0 Å². The van der Waals surface area contributed by atoms with Gasteiger partial charge in [-0.2, -0.15) is 23.5 Å². The average Bonchev–Trinajstić information content (AvgIpc) is 3.20. The molecule has 0 bridgehead atoms. The average molecular weight is 546 g/mol. The highest BCUT2D eigenvalue weighted by atomic mass is 35.5. The van der Waals surface area contributed by atoms with E-state index in [2.05, 4.69) is 15.7 Å². The summed E-state index contributed by atoms with van der Waals surface area (Å²) in [7, 11) is 1.46. The van der Waals surface area contributed by atoms with Gasteiger partial charge in [0.25, 0.3) is 11.8 Å². The summed E-state index contributed by atoms with van der Waals surface area (Å²) in [5, 5.41) is 19.3. The summed E-state index contributed by atoms with van der Waals surface area (Å²) in [5.74, 6) is -3.71. The molecule has 2 amide bonds. The van der Waals surface area contributed by atoms with Gasteiger partial charge in [0.2, 0.25) is 0 Å². The van der Waals surface area contributed by atoms with E-state index in [0.717, 1.165) is 12.1 Å². The molecule has 1 aliphatic heterocycles. The maximum absolute atomic E-state index is 14.2. The first-order valence-electron chi connectivity index (χ1n) is 10.8. The van der Waals surface area contributed by atoms with Crippen LogP contribution in [0.1, 0.15) is 49.1 Å². The zero-order valence-electron chi connectivity index (χ0n) is 19.0. The number of benzene rings is 3. The standard InChI is InChI=1S/C25H13ClF5N5O2/c1-36-22-19-18(21(34-24(22)38)15-8-13(27)2-3-16(15)26)17(6-11(9-32)20(19)35-36)33-23(37)10-4-12(25(29,30)31)7-14(28)5-10/h2-8,21H,1H3,(H,33,37)(H,34,38)/t21-/m1/s1. The molecule has 0 radical (unpaired) electrons. The fourth-order valence-corrected chi connectivity index (χ4v) is 4.69. The molecule has 0 saturated heterocycles. The van der Waals surface area contributed by atoms with Crippen molar-refractivity contribution in [2.45, 2.75) is 12.2 Å². The number of carbonyl (C=O) groups is 2. The van der Waals surface area contributed by atoms with E-state index >= 15 is 0 Å². The Morgan fingerprint density at radius 1 is 1.16 bits per heavy atom. The molecule has 38 heavy (non-hydrogen) atoms. The molecule has 0 spiro atoms. The zero-order chi connectivity index (χ0) is 27.5. The molecule has 1 aromatic heterocycles. The van der Waals surface area contributed by atoms with Crippen molar-refractivity contribution in [3.05, 3.63) is 92.6 Å². The van der Waals surface area contributed by atoms with Gasteiger partial charge in [0.1, 0.15) is 28.9 Å². The smallest absolute Gasteiger partial charge is 0.340 e. The highest BCUT2D eigenvalue weighted by Gasteiger charge is 2.37. The zero-order valence-corrected chi connectivity index (χ0v) is 19.8. The Kier molecular flexibility index (Phi) is 5.83. The maximum Gasteiger partial charge on any atom is 0.416 e. The first kappa shape index (κ1) is 25.2. The van der Waals surface area contributed by atoms with Crippen LogP contribution >= 0.6 is 11.6 Å². The van der Waals surface area contributed by atoms with Gasteiger partial charge in [-0.15, -0.1) is 0 Å². The Morgan fingerprint density at radius 2 is 1.89 bits per heavy atom. The second kappa shape index (κ2) is 8.81. The number of halogens is 6. The molecule has 1 aliphatic rings. The first-order valence-corrected chi connectivity index (χ1v) is 11.2. The lowest BCUT2D eigenvalue weighted by Crippen LogP contribution is -2.35. The third kappa shape index (κ3) is 4.10. The number of rotatable bonds is 3. The SMILES string of the molecule is Cn1nc2c(C#N)cc(NC(=O)c3cc(F)cc(C(F)(F)F)c3)c3c2c1C(=O)N[C@@H]3c1cc(F)ccc1Cl. The lowest BCUT2D eigenvalue weighted by atomic mass is 9.88. The van der Waals surface area contributed by atoms with Crippen molar-refractivity contribution in [2.24, 2.45) is 7.05 Å². The molecule has 0 unspecified atom stereocenters.